The molecule has 120 valence electrons. The first-order valence-corrected chi connectivity index (χ1v) is 7.75. The quantitative estimate of drug-likeness (QED) is 0.691. The van der Waals surface area contributed by atoms with Crippen LogP contribution in [0, 0.1) is 5.82 Å². The van der Waals surface area contributed by atoms with E-state index in [9.17, 15) is 14.0 Å². The van der Waals surface area contributed by atoms with E-state index in [0.29, 0.717) is 19.1 Å². The first kappa shape index (κ1) is 16.4. The molecule has 0 heterocycles. The second-order valence-corrected chi connectivity index (χ2v) is 5.72. The van der Waals surface area contributed by atoms with Crippen molar-refractivity contribution in [3.05, 3.63) is 35.6 Å². The summed E-state index contributed by atoms with van der Waals surface area (Å²) in [6, 6.07) is 6.35. The summed E-state index contributed by atoms with van der Waals surface area (Å²) in [7, 11) is 0. The van der Waals surface area contributed by atoms with Crippen LogP contribution < -0.4 is 15.5 Å². The van der Waals surface area contributed by atoms with Crippen molar-refractivity contribution in [1.82, 2.24) is 10.6 Å². The van der Waals surface area contributed by atoms with Crippen molar-refractivity contribution in [3.63, 3.8) is 0 Å². The van der Waals surface area contributed by atoms with E-state index in [0.717, 1.165) is 29.7 Å². The molecule has 1 aromatic rings. The Morgan fingerprint density at radius 1 is 1.27 bits per heavy atom. The van der Waals surface area contributed by atoms with Gasteiger partial charge in [-0.3, -0.25) is 10.1 Å². The van der Waals surface area contributed by atoms with E-state index in [2.05, 4.69) is 10.6 Å². The van der Waals surface area contributed by atoms with Crippen LogP contribution in [0.2, 0.25) is 0 Å². The van der Waals surface area contributed by atoms with Gasteiger partial charge in [0.15, 0.2) is 6.54 Å². The van der Waals surface area contributed by atoms with Gasteiger partial charge in [0, 0.05) is 24.9 Å². The Bertz CT molecular complexity index is 515. The molecule has 3 amide bonds. The zero-order chi connectivity index (χ0) is 15.9. The van der Waals surface area contributed by atoms with Crippen molar-refractivity contribution >= 4 is 11.9 Å². The van der Waals surface area contributed by atoms with Crippen molar-refractivity contribution in [2.75, 3.05) is 13.1 Å². The number of carbonyl (C=O) groups is 2. The fraction of sp³-hybridized carbons (Fsp3) is 0.500. The molecule has 1 fully saturated rings. The maximum Gasteiger partial charge on any atom is 0.321 e. The summed E-state index contributed by atoms with van der Waals surface area (Å²) in [6.07, 6.45) is 3.00. The molecule has 3 N–H and O–H groups in total. The lowest BCUT2D eigenvalue weighted by atomic mass is 10.2. The SMILES string of the molecule is CCCNC(=O)NC(=O)C[NH+](Cc1ccc(F)cc1)C1CC1. The highest BCUT2D eigenvalue weighted by Crippen LogP contribution is 2.15. The molecule has 6 heteroatoms. The first-order valence-electron chi connectivity index (χ1n) is 7.75. The molecule has 0 aromatic heterocycles. The average Bonchev–Trinajstić information content (AvgIpc) is 3.31. The minimum Gasteiger partial charge on any atom is -0.338 e. The number of urea groups is 1. The normalized spacial score (nSPS) is 15.2. The smallest absolute Gasteiger partial charge is 0.321 e. The van der Waals surface area contributed by atoms with Gasteiger partial charge in [-0.25, -0.2) is 9.18 Å². The van der Waals surface area contributed by atoms with Gasteiger partial charge in [0.05, 0.1) is 6.04 Å². The zero-order valence-electron chi connectivity index (χ0n) is 12.8. The Balaban J connectivity index is 1.85. The van der Waals surface area contributed by atoms with E-state index in [1.54, 1.807) is 12.1 Å². The molecule has 1 aliphatic rings. The molecule has 0 bridgehead atoms. The van der Waals surface area contributed by atoms with Crippen LogP contribution in [0.15, 0.2) is 24.3 Å². The third kappa shape index (κ3) is 5.44. The highest BCUT2D eigenvalue weighted by Gasteiger charge is 2.34. The molecule has 1 saturated carbocycles. The van der Waals surface area contributed by atoms with E-state index in [1.165, 1.54) is 12.1 Å². The van der Waals surface area contributed by atoms with Gasteiger partial charge >= 0.3 is 6.03 Å². The van der Waals surface area contributed by atoms with Gasteiger partial charge in [0.25, 0.3) is 5.91 Å². The third-order valence-electron chi connectivity index (χ3n) is 3.68. The lowest BCUT2D eigenvalue weighted by Crippen LogP contribution is -3.13. The Kier molecular flexibility index (Phi) is 5.89. The lowest BCUT2D eigenvalue weighted by Gasteiger charge is -2.18. The number of benzene rings is 1. The molecule has 0 saturated heterocycles. The fourth-order valence-corrected chi connectivity index (χ4v) is 2.37. The van der Waals surface area contributed by atoms with Gasteiger partial charge in [0.2, 0.25) is 0 Å². The lowest BCUT2D eigenvalue weighted by molar-refractivity contribution is -0.917. The summed E-state index contributed by atoms with van der Waals surface area (Å²) in [5.41, 5.74) is 0.992. The van der Waals surface area contributed by atoms with Crippen molar-refractivity contribution in [2.24, 2.45) is 0 Å². The molecule has 1 aromatic carbocycles. The molecular formula is C16H23FN3O2+. The molecule has 2 rings (SSSR count). The van der Waals surface area contributed by atoms with Crippen LogP contribution in [0.4, 0.5) is 9.18 Å². The van der Waals surface area contributed by atoms with Crippen LogP contribution in [0.25, 0.3) is 0 Å². The van der Waals surface area contributed by atoms with Crippen molar-refractivity contribution in [1.29, 1.82) is 0 Å². The molecule has 1 atom stereocenters. The molecule has 1 unspecified atom stereocenters. The summed E-state index contributed by atoms with van der Waals surface area (Å²) < 4.78 is 12.9. The summed E-state index contributed by atoms with van der Waals surface area (Å²) in [5.74, 6) is -0.542. The number of imide groups is 1. The van der Waals surface area contributed by atoms with Gasteiger partial charge < -0.3 is 10.2 Å². The van der Waals surface area contributed by atoms with E-state index < -0.39 is 6.03 Å². The summed E-state index contributed by atoms with van der Waals surface area (Å²) >= 11 is 0. The standard InChI is InChI=1S/C16H22FN3O2/c1-2-9-18-16(22)19-15(21)11-20(14-7-8-14)10-12-3-5-13(17)6-4-12/h3-6,14H,2,7-11H2,1H3,(H2,18,19,21,22)/p+1. The van der Waals surface area contributed by atoms with Gasteiger partial charge in [-0.05, 0) is 18.6 Å². The van der Waals surface area contributed by atoms with Gasteiger partial charge in [-0.1, -0.05) is 19.1 Å². The highest BCUT2D eigenvalue weighted by molar-refractivity contribution is 5.94. The van der Waals surface area contributed by atoms with Crippen LogP contribution in [-0.2, 0) is 11.3 Å². The number of hydrogen-bond acceptors (Lipinski definition) is 2. The molecule has 5 nitrogen and oxygen atoms in total. The number of rotatable bonds is 7. The maximum atomic E-state index is 12.9. The highest BCUT2D eigenvalue weighted by atomic mass is 19.1. The Labute approximate surface area is 129 Å². The number of nitrogens with one attached hydrogen (secondary N) is 3. The molecule has 0 spiro atoms. The van der Waals surface area contributed by atoms with Crippen LogP contribution in [0.5, 0.6) is 0 Å². The Morgan fingerprint density at radius 3 is 2.55 bits per heavy atom. The average molecular weight is 308 g/mol. The number of carbonyl (C=O) groups excluding carboxylic acids is 2. The van der Waals surface area contributed by atoms with Crippen LogP contribution >= 0.6 is 0 Å². The van der Waals surface area contributed by atoms with E-state index >= 15 is 0 Å². The summed E-state index contributed by atoms with van der Waals surface area (Å²) in [5, 5.41) is 4.97. The minimum absolute atomic E-state index is 0.252. The molecule has 0 radical (unpaired) electrons. The van der Waals surface area contributed by atoms with Gasteiger partial charge in [0.1, 0.15) is 12.4 Å². The second-order valence-electron chi connectivity index (χ2n) is 5.72. The molecule has 1 aliphatic carbocycles. The molecule has 22 heavy (non-hydrogen) atoms. The first-order chi connectivity index (χ1) is 10.6. The van der Waals surface area contributed by atoms with Crippen LogP contribution in [0.3, 0.4) is 0 Å². The Morgan fingerprint density at radius 2 is 1.95 bits per heavy atom. The number of quaternary nitrogens is 1. The number of hydrogen-bond donors (Lipinski definition) is 3. The molecule has 0 aliphatic heterocycles. The van der Waals surface area contributed by atoms with Crippen molar-refractivity contribution < 1.29 is 18.9 Å². The predicted molar refractivity (Wildman–Crippen MR) is 80.8 cm³/mol. The van der Waals surface area contributed by atoms with Gasteiger partial charge in [-0.2, -0.15) is 0 Å². The zero-order valence-corrected chi connectivity index (χ0v) is 12.8. The monoisotopic (exact) mass is 308 g/mol. The van der Waals surface area contributed by atoms with E-state index in [-0.39, 0.29) is 18.3 Å². The van der Waals surface area contributed by atoms with E-state index in [4.69, 9.17) is 0 Å². The topological polar surface area (TPSA) is 62.6 Å². The van der Waals surface area contributed by atoms with Crippen molar-refractivity contribution in [3.8, 4) is 0 Å². The Hall–Kier alpha value is -1.95. The summed E-state index contributed by atoms with van der Waals surface area (Å²) in [6.45, 7) is 3.41. The summed E-state index contributed by atoms with van der Waals surface area (Å²) in [4.78, 5) is 24.5. The fourth-order valence-electron chi connectivity index (χ4n) is 2.37. The predicted octanol–water partition coefficient (Wildman–Crippen LogP) is 0.609. The minimum atomic E-state index is -0.441. The van der Waals surface area contributed by atoms with Gasteiger partial charge in [-0.15, -0.1) is 0 Å². The van der Waals surface area contributed by atoms with Crippen LogP contribution in [0.1, 0.15) is 31.7 Å². The van der Waals surface area contributed by atoms with Crippen molar-refractivity contribution in [2.45, 2.75) is 38.8 Å². The third-order valence-corrected chi connectivity index (χ3v) is 3.68. The van der Waals surface area contributed by atoms with Crippen LogP contribution in [-0.4, -0.2) is 31.1 Å². The van der Waals surface area contributed by atoms with E-state index in [1.807, 2.05) is 6.92 Å². The second kappa shape index (κ2) is 7.89. The maximum absolute atomic E-state index is 12.9. The molecular weight excluding hydrogens is 285 g/mol. The number of halogens is 1. The number of amides is 3. The largest absolute Gasteiger partial charge is 0.338 e.